The van der Waals surface area contributed by atoms with Crippen LogP contribution in [0.25, 0.3) is 10.8 Å². The quantitative estimate of drug-likeness (QED) is 0.758. The summed E-state index contributed by atoms with van der Waals surface area (Å²) >= 11 is 1.35. The zero-order chi connectivity index (χ0) is 17.8. The minimum absolute atomic E-state index is 0.0521. The lowest BCUT2D eigenvalue weighted by molar-refractivity contribution is -0.121. The van der Waals surface area contributed by atoms with Crippen molar-refractivity contribution in [3.63, 3.8) is 0 Å². The Labute approximate surface area is 146 Å². The van der Waals surface area contributed by atoms with E-state index in [1.165, 1.54) is 17.4 Å². The van der Waals surface area contributed by atoms with Crippen molar-refractivity contribution < 1.29 is 13.6 Å². The SMILES string of the molecule is C[C@H](NC(=O)Cc1csc(-c2ncccn2)n1)c1ccc(F)cc1F. The molecular weight excluding hydrogens is 346 g/mol. The van der Waals surface area contributed by atoms with Gasteiger partial charge >= 0.3 is 0 Å². The highest BCUT2D eigenvalue weighted by molar-refractivity contribution is 7.13. The van der Waals surface area contributed by atoms with Crippen molar-refractivity contribution in [1.82, 2.24) is 20.3 Å². The topological polar surface area (TPSA) is 67.8 Å². The molecule has 1 N–H and O–H groups in total. The summed E-state index contributed by atoms with van der Waals surface area (Å²) in [4.78, 5) is 24.7. The van der Waals surface area contributed by atoms with Gasteiger partial charge in [0.1, 0.15) is 11.6 Å². The number of carbonyl (C=O) groups is 1. The highest BCUT2D eigenvalue weighted by Crippen LogP contribution is 2.21. The number of carbonyl (C=O) groups excluding carboxylic acids is 1. The molecule has 2 aromatic heterocycles. The number of hydrogen-bond donors (Lipinski definition) is 1. The van der Waals surface area contributed by atoms with Gasteiger partial charge in [0, 0.05) is 29.4 Å². The minimum atomic E-state index is -0.690. The van der Waals surface area contributed by atoms with Crippen molar-refractivity contribution in [2.45, 2.75) is 19.4 Å². The van der Waals surface area contributed by atoms with Crippen molar-refractivity contribution >= 4 is 17.2 Å². The summed E-state index contributed by atoms with van der Waals surface area (Å²) < 4.78 is 26.7. The molecule has 0 saturated heterocycles. The number of thiazole rings is 1. The molecule has 0 radical (unpaired) electrons. The van der Waals surface area contributed by atoms with Crippen molar-refractivity contribution in [3.05, 3.63) is 64.9 Å². The molecule has 3 rings (SSSR count). The molecule has 8 heteroatoms. The summed E-state index contributed by atoms with van der Waals surface area (Å²) in [5.74, 6) is -1.15. The third-order valence-corrected chi connectivity index (χ3v) is 4.34. The first kappa shape index (κ1) is 17.1. The lowest BCUT2D eigenvalue weighted by Gasteiger charge is -2.14. The van der Waals surface area contributed by atoms with E-state index in [4.69, 9.17) is 0 Å². The maximum absolute atomic E-state index is 13.8. The Morgan fingerprint density at radius 2 is 2.04 bits per heavy atom. The van der Waals surface area contributed by atoms with Gasteiger partial charge < -0.3 is 5.32 Å². The van der Waals surface area contributed by atoms with Crippen LogP contribution >= 0.6 is 11.3 Å². The van der Waals surface area contributed by atoms with Crippen LogP contribution in [-0.2, 0) is 11.2 Å². The number of amides is 1. The van der Waals surface area contributed by atoms with E-state index in [1.807, 2.05) is 0 Å². The smallest absolute Gasteiger partial charge is 0.226 e. The van der Waals surface area contributed by atoms with E-state index in [9.17, 15) is 13.6 Å². The average molecular weight is 360 g/mol. The molecule has 1 aromatic carbocycles. The van der Waals surface area contributed by atoms with E-state index in [0.717, 1.165) is 12.1 Å². The van der Waals surface area contributed by atoms with Crippen molar-refractivity contribution in [2.24, 2.45) is 0 Å². The zero-order valence-corrected chi connectivity index (χ0v) is 14.1. The van der Waals surface area contributed by atoms with Crippen LogP contribution in [0.1, 0.15) is 24.2 Å². The van der Waals surface area contributed by atoms with Crippen LogP contribution in [0.2, 0.25) is 0 Å². The summed E-state index contributed by atoms with van der Waals surface area (Å²) in [5, 5.41) is 5.07. The third kappa shape index (κ3) is 4.21. The first-order valence-corrected chi connectivity index (χ1v) is 8.37. The number of halogens is 2. The summed E-state index contributed by atoms with van der Waals surface area (Å²) in [6, 6.07) is 4.41. The molecule has 2 heterocycles. The number of aromatic nitrogens is 3. The van der Waals surface area contributed by atoms with Gasteiger partial charge in [0.15, 0.2) is 10.8 Å². The predicted octanol–water partition coefficient (Wildman–Crippen LogP) is 3.30. The Morgan fingerprint density at radius 3 is 2.76 bits per heavy atom. The third-order valence-electron chi connectivity index (χ3n) is 3.46. The predicted molar refractivity (Wildman–Crippen MR) is 89.8 cm³/mol. The number of benzene rings is 1. The van der Waals surface area contributed by atoms with Crippen LogP contribution < -0.4 is 5.32 Å². The number of rotatable bonds is 5. The van der Waals surface area contributed by atoms with E-state index in [-0.39, 0.29) is 17.9 Å². The summed E-state index contributed by atoms with van der Waals surface area (Å²) in [6.45, 7) is 1.64. The van der Waals surface area contributed by atoms with Gasteiger partial charge in [-0.25, -0.2) is 23.7 Å². The van der Waals surface area contributed by atoms with Gasteiger partial charge in [-0.1, -0.05) is 6.07 Å². The Hall–Kier alpha value is -2.74. The van der Waals surface area contributed by atoms with Crippen LogP contribution in [0.15, 0.2) is 42.0 Å². The maximum Gasteiger partial charge on any atom is 0.226 e. The van der Waals surface area contributed by atoms with Gasteiger partial charge in [-0.3, -0.25) is 4.79 Å². The van der Waals surface area contributed by atoms with Crippen LogP contribution in [0, 0.1) is 11.6 Å². The van der Waals surface area contributed by atoms with Crippen LogP contribution in [0.4, 0.5) is 8.78 Å². The van der Waals surface area contributed by atoms with Crippen LogP contribution in [0.3, 0.4) is 0 Å². The molecule has 0 unspecified atom stereocenters. The molecule has 0 aliphatic carbocycles. The van der Waals surface area contributed by atoms with Crippen molar-refractivity contribution in [2.75, 3.05) is 0 Å². The van der Waals surface area contributed by atoms with Gasteiger partial charge in [-0.2, -0.15) is 0 Å². The van der Waals surface area contributed by atoms with Gasteiger partial charge in [-0.05, 0) is 19.1 Å². The molecule has 25 heavy (non-hydrogen) atoms. The highest BCUT2D eigenvalue weighted by Gasteiger charge is 2.16. The molecule has 0 spiro atoms. The minimum Gasteiger partial charge on any atom is -0.349 e. The molecule has 3 aromatic rings. The second-order valence-corrected chi connectivity index (χ2v) is 6.21. The summed E-state index contributed by atoms with van der Waals surface area (Å²) in [6.07, 6.45) is 3.29. The fraction of sp³-hybridized carbons (Fsp3) is 0.176. The molecule has 0 bridgehead atoms. The standard InChI is InChI=1S/C17H14F2N4OS/c1-10(13-4-3-11(18)7-14(13)19)22-15(24)8-12-9-25-17(23-12)16-20-5-2-6-21-16/h2-7,9-10H,8H2,1H3,(H,22,24)/t10-/m0/s1. The first-order chi connectivity index (χ1) is 12.0. The lowest BCUT2D eigenvalue weighted by atomic mass is 10.1. The van der Waals surface area contributed by atoms with Gasteiger partial charge in [0.2, 0.25) is 5.91 Å². The monoisotopic (exact) mass is 360 g/mol. The molecule has 5 nitrogen and oxygen atoms in total. The van der Waals surface area contributed by atoms with Gasteiger partial charge in [-0.15, -0.1) is 11.3 Å². The summed E-state index contributed by atoms with van der Waals surface area (Å²) in [5.41, 5.74) is 0.808. The van der Waals surface area contributed by atoms with Gasteiger partial charge in [0.25, 0.3) is 0 Å². The second-order valence-electron chi connectivity index (χ2n) is 5.35. The fourth-order valence-corrected chi connectivity index (χ4v) is 3.05. The van der Waals surface area contributed by atoms with Crippen LogP contribution in [0.5, 0.6) is 0 Å². The number of nitrogens with zero attached hydrogens (tertiary/aromatic N) is 3. The molecule has 0 aliphatic heterocycles. The second kappa shape index (κ2) is 7.43. The van der Waals surface area contributed by atoms with E-state index < -0.39 is 17.7 Å². The maximum atomic E-state index is 13.8. The largest absolute Gasteiger partial charge is 0.349 e. The Balaban J connectivity index is 1.64. The average Bonchev–Trinajstić information content (AvgIpc) is 3.03. The fourth-order valence-electron chi connectivity index (χ4n) is 2.29. The molecule has 1 atom stereocenters. The molecular formula is C17H14F2N4OS. The number of hydrogen-bond acceptors (Lipinski definition) is 5. The van der Waals surface area contributed by atoms with E-state index in [1.54, 1.807) is 30.8 Å². The molecule has 1 amide bonds. The van der Waals surface area contributed by atoms with Gasteiger partial charge in [0.05, 0.1) is 18.2 Å². The molecule has 0 aliphatic rings. The Bertz CT molecular complexity index is 885. The molecule has 128 valence electrons. The Kier molecular flexibility index (Phi) is 5.08. The summed E-state index contributed by atoms with van der Waals surface area (Å²) in [7, 11) is 0. The number of nitrogens with one attached hydrogen (secondary N) is 1. The highest BCUT2D eigenvalue weighted by atomic mass is 32.1. The first-order valence-electron chi connectivity index (χ1n) is 7.49. The Morgan fingerprint density at radius 1 is 1.28 bits per heavy atom. The molecule has 0 fully saturated rings. The van der Waals surface area contributed by atoms with E-state index in [0.29, 0.717) is 16.5 Å². The van der Waals surface area contributed by atoms with Crippen molar-refractivity contribution in [3.8, 4) is 10.8 Å². The zero-order valence-electron chi connectivity index (χ0n) is 13.2. The normalized spacial score (nSPS) is 12.0. The lowest BCUT2D eigenvalue weighted by Crippen LogP contribution is -2.28. The van der Waals surface area contributed by atoms with E-state index in [2.05, 4.69) is 20.3 Å². The van der Waals surface area contributed by atoms with Crippen molar-refractivity contribution in [1.29, 1.82) is 0 Å². The van der Waals surface area contributed by atoms with E-state index >= 15 is 0 Å². The van der Waals surface area contributed by atoms with Crippen LogP contribution in [-0.4, -0.2) is 20.9 Å². The molecule has 0 saturated carbocycles.